The van der Waals surface area contributed by atoms with Gasteiger partial charge in [0, 0.05) is 0 Å². The van der Waals surface area contributed by atoms with Crippen LogP contribution in [0.1, 0.15) is 140 Å². The molecule has 4 aromatic heterocycles. The summed E-state index contributed by atoms with van der Waals surface area (Å²) in [6, 6.07) is 34.1. The molecule has 10 rings (SSSR count). The number of aromatic nitrogens is 12. The largest absolute Gasteiger partial charge is 0.504 e. The molecule has 18 heteroatoms. The summed E-state index contributed by atoms with van der Waals surface area (Å²) in [6.45, 7) is 32.9. The maximum atomic E-state index is 12.4. The lowest BCUT2D eigenvalue weighted by Gasteiger charge is -2.33. The zero-order valence-corrected chi connectivity index (χ0v) is 49.2. The Kier molecular flexibility index (Phi) is 13.8. The first-order valence-corrected chi connectivity index (χ1v) is 27.5. The Labute approximate surface area is 473 Å². The smallest absolute Gasteiger partial charge is 0.233 e. The highest BCUT2D eigenvalue weighted by atomic mass is 16.3. The van der Waals surface area contributed by atoms with Crippen molar-refractivity contribution in [2.75, 3.05) is 16.0 Å². The van der Waals surface area contributed by atoms with Gasteiger partial charge >= 0.3 is 0 Å². The Hall–Kier alpha value is -8.67. The van der Waals surface area contributed by atoms with Crippen LogP contribution in [-0.2, 0) is 16.2 Å². The van der Waals surface area contributed by atoms with Crippen LogP contribution < -0.4 is 16.0 Å². The van der Waals surface area contributed by atoms with E-state index in [0.717, 1.165) is 36.0 Å². The summed E-state index contributed by atoms with van der Waals surface area (Å²) in [4.78, 5) is 19.2. The highest BCUT2D eigenvalue weighted by Gasteiger charge is 2.33. The number of hydrogen-bond donors (Lipinski definition) is 6. The van der Waals surface area contributed by atoms with Gasteiger partial charge in [-0.15, -0.1) is 45.0 Å². The molecule has 0 bridgehead atoms. The molecule has 0 spiro atoms. The van der Waals surface area contributed by atoms with Crippen LogP contribution in [0.25, 0.3) is 50.2 Å². The number of rotatable bonds is 15. The molecule has 0 fully saturated rings. The minimum absolute atomic E-state index is 0.00783. The second-order valence-electron chi connectivity index (χ2n) is 27.2. The Morgan fingerprint density at radius 1 is 0.333 bits per heavy atom. The number of phenols is 3. The van der Waals surface area contributed by atoms with Crippen molar-refractivity contribution in [3.8, 4) is 34.3 Å². The topological polar surface area (TPSA) is 228 Å². The Bertz CT molecular complexity index is 3480. The van der Waals surface area contributed by atoms with Gasteiger partial charge in [0.1, 0.15) is 50.2 Å². The van der Waals surface area contributed by atoms with Crippen molar-refractivity contribution in [2.45, 2.75) is 139 Å². The minimum atomic E-state index is -0.408. The van der Waals surface area contributed by atoms with Crippen LogP contribution in [-0.4, -0.2) is 75.3 Å². The first-order valence-electron chi connectivity index (χ1n) is 27.5. The monoisotopic (exact) mass is 1090 g/mol. The van der Waals surface area contributed by atoms with Gasteiger partial charge in [-0.3, -0.25) is 0 Å². The molecule has 0 aliphatic rings. The van der Waals surface area contributed by atoms with Gasteiger partial charge in [0.15, 0.2) is 17.2 Å². The summed E-state index contributed by atoms with van der Waals surface area (Å²) in [5, 5.41) is 76.1. The van der Waals surface area contributed by atoms with E-state index in [1.54, 1.807) is 0 Å². The van der Waals surface area contributed by atoms with E-state index in [-0.39, 0.29) is 68.4 Å². The van der Waals surface area contributed by atoms with Crippen molar-refractivity contribution in [3.05, 3.63) is 126 Å². The predicted molar refractivity (Wildman–Crippen MR) is 323 cm³/mol. The van der Waals surface area contributed by atoms with Gasteiger partial charge in [-0.05, 0) is 141 Å². The lowest BCUT2D eigenvalue weighted by atomic mass is 9.72. The van der Waals surface area contributed by atoms with Crippen LogP contribution in [0.4, 0.5) is 34.9 Å². The summed E-state index contributed by atoms with van der Waals surface area (Å²) in [5.41, 5.74) is 7.16. The standard InChI is InChI=1S/C63H75N15O3/c1-58(2,3)34-61(10,11)37-28-46(52(79)49(31-37)76-70-40-22-16-17-23-41(40)71-76)64-55-67-56(65-47-29-38(62(12,13)35-59(4,5)6)32-50(53(47)80)77-72-42-24-18-19-25-43(42)73-77)69-57(68-55)66-48-30-39(63(14,15)36-60(7,8)9)33-51(54(48)81)78-74-44-26-20-21-27-45(44)75-78/h16-33,79-81H,34-36H2,1-15H3,(H3,64,65,66,67,68,69). The van der Waals surface area contributed by atoms with Crippen molar-refractivity contribution in [1.82, 2.24) is 59.9 Å². The lowest BCUT2D eigenvalue weighted by Crippen LogP contribution is -2.25. The number of nitrogens with one attached hydrogen (secondary N) is 3. The van der Waals surface area contributed by atoms with E-state index in [1.165, 1.54) is 14.4 Å². The van der Waals surface area contributed by atoms with Gasteiger partial charge < -0.3 is 31.3 Å². The molecule has 6 aromatic carbocycles. The van der Waals surface area contributed by atoms with E-state index >= 15 is 0 Å². The number of nitrogens with zero attached hydrogens (tertiary/aromatic N) is 12. The molecule has 81 heavy (non-hydrogen) atoms. The first kappa shape index (κ1) is 55.6. The Morgan fingerprint density at radius 2 is 0.543 bits per heavy atom. The van der Waals surface area contributed by atoms with Crippen LogP contribution >= 0.6 is 0 Å². The number of benzene rings is 6. The average Bonchev–Trinajstić information content (AvgIpc) is 4.24. The SMILES string of the molecule is CC(C)(C)CC(C)(C)c1cc(Nc2nc(Nc3cc(C(C)(C)CC(C)(C)C)cc(-n4nc5ccccc5n4)c3O)nc(Nc3cc(C(C)(C)CC(C)(C)C)cc(-n4nc5ccccc5n4)c3O)n2)c(O)c(-n2nc3ccccc3n2)c1. The third kappa shape index (κ3) is 12.1. The van der Waals surface area contributed by atoms with Crippen molar-refractivity contribution in [3.63, 3.8) is 0 Å². The lowest BCUT2D eigenvalue weighted by molar-refractivity contribution is 0.283. The van der Waals surface area contributed by atoms with Crippen molar-refractivity contribution >= 4 is 68.0 Å². The second kappa shape index (κ2) is 20.1. The molecule has 0 saturated heterocycles. The van der Waals surface area contributed by atoms with E-state index in [9.17, 15) is 15.3 Å². The number of fused-ring (bicyclic) bond motifs is 3. The summed E-state index contributed by atoms with van der Waals surface area (Å²) < 4.78 is 0. The van der Waals surface area contributed by atoms with E-state index < -0.39 is 16.2 Å². The Morgan fingerprint density at radius 3 is 0.741 bits per heavy atom. The van der Waals surface area contributed by atoms with Gasteiger partial charge in [0.2, 0.25) is 17.8 Å². The molecule has 0 aliphatic heterocycles. The molecule has 10 aromatic rings. The van der Waals surface area contributed by atoms with Gasteiger partial charge in [0.05, 0.1) is 17.1 Å². The molecule has 0 atom stereocenters. The Balaban J connectivity index is 1.17. The third-order valence-corrected chi connectivity index (χ3v) is 14.4. The predicted octanol–water partition coefficient (Wildman–Crippen LogP) is 14.6. The van der Waals surface area contributed by atoms with Crippen molar-refractivity contribution < 1.29 is 15.3 Å². The average molecular weight is 1090 g/mol. The van der Waals surface area contributed by atoms with E-state index in [0.29, 0.717) is 50.2 Å². The molecule has 0 amide bonds. The maximum absolute atomic E-state index is 12.4. The van der Waals surface area contributed by atoms with Gasteiger partial charge in [-0.25, -0.2) is 0 Å². The van der Waals surface area contributed by atoms with Crippen molar-refractivity contribution in [1.29, 1.82) is 0 Å². The van der Waals surface area contributed by atoms with Crippen LogP contribution in [0.5, 0.6) is 17.2 Å². The van der Waals surface area contributed by atoms with Gasteiger partial charge in [0.25, 0.3) is 0 Å². The van der Waals surface area contributed by atoms with Crippen LogP contribution in [0.3, 0.4) is 0 Å². The molecule has 18 nitrogen and oxygen atoms in total. The molecule has 420 valence electrons. The maximum Gasteiger partial charge on any atom is 0.233 e. The zero-order valence-electron chi connectivity index (χ0n) is 49.2. The fourth-order valence-corrected chi connectivity index (χ4v) is 11.9. The third-order valence-electron chi connectivity index (χ3n) is 14.4. The minimum Gasteiger partial charge on any atom is -0.504 e. The van der Waals surface area contributed by atoms with E-state index in [4.69, 9.17) is 45.5 Å². The normalized spacial score (nSPS) is 12.9. The molecular weight excluding hydrogens is 1010 g/mol. The first-order chi connectivity index (χ1) is 37.9. The quantitative estimate of drug-likeness (QED) is 0.0525. The fourth-order valence-electron chi connectivity index (χ4n) is 11.9. The zero-order chi connectivity index (χ0) is 58.2. The molecule has 0 unspecified atom stereocenters. The second-order valence-corrected chi connectivity index (χ2v) is 27.2. The van der Waals surface area contributed by atoms with Crippen LogP contribution in [0.15, 0.2) is 109 Å². The highest BCUT2D eigenvalue weighted by Crippen LogP contribution is 2.46. The summed E-state index contributed by atoms with van der Waals surface area (Å²) in [6.07, 6.45) is 2.40. The molecule has 0 radical (unpaired) electrons. The van der Waals surface area contributed by atoms with Crippen LogP contribution in [0, 0.1) is 16.2 Å². The number of anilines is 6. The number of aromatic hydroxyl groups is 3. The molecule has 4 heterocycles. The summed E-state index contributed by atoms with van der Waals surface area (Å²) in [7, 11) is 0. The molecular formula is C63H75N15O3. The summed E-state index contributed by atoms with van der Waals surface area (Å²) in [5.74, 6) is -0.434. The van der Waals surface area contributed by atoms with E-state index in [1.807, 2.05) is 109 Å². The molecule has 0 saturated carbocycles. The van der Waals surface area contributed by atoms with Gasteiger partial charge in [-0.2, -0.15) is 15.0 Å². The number of phenolic OH excluding ortho intramolecular Hbond substituents is 3. The fraction of sp³-hybridized carbons (Fsp3) is 0.381. The van der Waals surface area contributed by atoms with Crippen molar-refractivity contribution in [2.24, 2.45) is 16.2 Å². The molecule has 0 aliphatic carbocycles. The highest BCUT2D eigenvalue weighted by molar-refractivity contribution is 5.79. The van der Waals surface area contributed by atoms with E-state index in [2.05, 4.69) is 120 Å². The summed E-state index contributed by atoms with van der Waals surface area (Å²) >= 11 is 0. The molecule has 6 N–H and O–H groups in total. The van der Waals surface area contributed by atoms with Gasteiger partial charge in [-0.1, -0.05) is 140 Å². The van der Waals surface area contributed by atoms with Crippen LogP contribution in [0.2, 0.25) is 0 Å². The number of hydrogen-bond acceptors (Lipinski definition) is 15.